The van der Waals surface area contributed by atoms with Gasteiger partial charge in [0.15, 0.2) is 0 Å². The Kier molecular flexibility index (Phi) is 3.34. The van der Waals surface area contributed by atoms with Gasteiger partial charge in [-0.25, -0.2) is 0 Å². The number of nitriles is 1. The van der Waals surface area contributed by atoms with Crippen LogP contribution in [0.4, 0.5) is 5.69 Å². The first-order chi connectivity index (χ1) is 8.78. The molecule has 1 unspecified atom stereocenters. The van der Waals surface area contributed by atoms with Gasteiger partial charge in [-0.15, -0.1) is 0 Å². The lowest BCUT2D eigenvalue weighted by Crippen LogP contribution is -2.43. The maximum atomic E-state index is 9.32. The minimum Gasteiger partial charge on any atom is -0.365 e. The van der Waals surface area contributed by atoms with Crippen molar-refractivity contribution in [2.45, 2.75) is 52.0 Å². The van der Waals surface area contributed by atoms with Crippen molar-refractivity contribution in [3.63, 3.8) is 0 Å². The number of hydrogen-bond donors (Lipinski definition) is 0. The summed E-state index contributed by atoms with van der Waals surface area (Å²) in [6, 6.07) is 11.1. The highest BCUT2D eigenvalue weighted by molar-refractivity contribution is 5.59. The maximum absolute atomic E-state index is 9.32. The van der Waals surface area contributed by atoms with E-state index in [9.17, 15) is 5.26 Å². The van der Waals surface area contributed by atoms with Gasteiger partial charge in [-0.3, -0.25) is 0 Å². The molecule has 0 aromatic heterocycles. The van der Waals surface area contributed by atoms with E-state index in [-0.39, 0.29) is 16.9 Å². The van der Waals surface area contributed by atoms with Gasteiger partial charge in [0, 0.05) is 12.2 Å². The fourth-order valence-corrected chi connectivity index (χ4v) is 3.08. The van der Waals surface area contributed by atoms with Crippen molar-refractivity contribution in [3.8, 4) is 6.07 Å². The summed E-state index contributed by atoms with van der Waals surface area (Å²) in [6.45, 7) is 12.1. The molecule has 1 aliphatic heterocycles. The molecule has 0 saturated carbocycles. The number of nitrogens with zero attached hydrogens (tertiary/aromatic N) is 2. The van der Waals surface area contributed by atoms with Crippen LogP contribution in [0.1, 0.15) is 46.6 Å². The van der Waals surface area contributed by atoms with E-state index >= 15 is 0 Å². The van der Waals surface area contributed by atoms with E-state index in [4.69, 9.17) is 0 Å². The molecule has 2 rings (SSSR count). The second-order valence-corrected chi connectivity index (χ2v) is 7.04. The lowest BCUT2D eigenvalue weighted by atomic mass is 9.84. The smallest absolute Gasteiger partial charge is 0.0706 e. The van der Waals surface area contributed by atoms with Gasteiger partial charge in [0.05, 0.1) is 17.5 Å². The minimum atomic E-state index is -0.0872. The lowest BCUT2D eigenvalue weighted by Gasteiger charge is -2.38. The van der Waals surface area contributed by atoms with E-state index in [1.165, 1.54) is 11.3 Å². The highest BCUT2D eigenvalue weighted by atomic mass is 15.2. The molecular formula is C17H24N2. The number of benzene rings is 1. The molecule has 0 radical (unpaired) electrons. The van der Waals surface area contributed by atoms with E-state index < -0.39 is 0 Å². The van der Waals surface area contributed by atoms with Crippen molar-refractivity contribution >= 4 is 5.69 Å². The third-order valence-electron chi connectivity index (χ3n) is 4.35. The molecule has 1 aliphatic rings. The van der Waals surface area contributed by atoms with Crippen LogP contribution >= 0.6 is 0 Å². The van der Waals surface area contributed by atoms with Crippen molar-refractivity contribution in [2.24, 2.45) is 5.92 Å². The molecule has 0 bridgehead atoms. The molecule has 0 amide bonds. The minimum absolute atomic E-state index is 0.0872. The van der Waals surface area contributed by atoms with Crippen LogP contribution in [0, 0.1) is 17.2 Å². The Bertz CT molecular complexity index is 503. The molecule has 0 aliphatic carbocycles. The molecule has 1 saturated heterocycles. The normalized spacial score (nSPS) is 22.3. The molecule has 2 nitrogen and oxygen atoms in total. The largest absolute Gasteiger partial charge is 0.365 e. The van der Waals surface area contributed by atoms with Crippen LogP contribution in [0.5, 0.6) is 0 Å². The zero-order valence-corrected chi connectivity index (χ0v) is 12.7. The average Bonchev–Trinajstić information content (AvgIpc) is 2.62. The molecule has 1 aromatic rings. The van der Waals surface area contributed by atoms with E-state index in [1.807, 2.05) is 0 Å². The van der Waals surface area contributed by atoms with Gasteiger partial charge < -0.3 is 4.90 Å². The van der Waals surface area contributed by atoms with Crippen LogP contribution in [0.25, 0.3) is 0 Å². The van der Waals surface area contributed by atoms with Gasteiger partial charge in [-0.1, -0.05) is 39.0 Å². The Morgan fingerprint density at radius 3 is 2.42 bits per heavy atom. The lowest BCUT2D eigenvalue weighted by molar-refractivity contribution is 0.436. The fraction of sp³-hybridized carbons (Fsp3) is 0.588. The topological polar surface area (TPSA) is 27.0 Å². The number of para-hydroxylation sites is 1. The molecular weight excluding hydrogens is 232 g/mol. The monoisotopic (exact) mass is 256 g/mol. The summed E-state index contributed by atoms with van der Waals surface area (Å²) in [6.07, 6.45) is 0.960. The highest BCUT2D eigenvalue weighted by Crippen LogP contribution is 2.41. The molecule has 1 aromatic carbocycles. The Morgan fingerprint density at radius 1 is 1.26 bits per heavy atom. The van der Waals surface area contributed by atoms with Gasteiger partial charge in [-0.2, -0.15) is 5.26 Å². The van der Waals surface area contributed by atoms with Crippen molar-refractivity contribution in [2.75, 3.05) is 11.4 Å². The van der Waals surface area contributed by atoms with Gasteiger partial charge in [0.25, 0.3) is 0 Å². The van der Waals surface area contributed by atoms with E-state index in [0.717, 1.165) is 13.0 Å². The second kappa shape index (κ2) is 4.56. The van der Waals surface area contributed by atoms with Gasteiger partial charge in [0.2, 0.25) is 0 Å². The second-order valence-electron chi connectivity index (χ2n) is 7.04. The van der Waals surface area contributed by atoms with E-state index in [2.05, 4.69) is 69.9 Å². The van der Waals surface area contributed by atoms with Gasteiger partial charge >= 0.3 is 0 Å². The summed E-state index contributed by atoms with van der Waals surface area (Å²) in [5.74, 6) is 0.112. The Balaban J connectivity index is 2.47. The Morgan fingerprint density at radius 2 is 1.89 bits per heavy atom. The third kappa shape index (κ3) is 2.34. The summed E-state index contributed by atoms with van der Waals surface area (Å²) in [5, 5.41) is 9.32. The van der Waals surface area contributed by atoms with Gasteiger partial charge in [-0.05, 0) is 37.3 Å². The van der Waals surface area contributed by atoms with Crippen LogP contribution in [0.3, 0.4) is 0 Å². The molecule has 102 valence electrons. The molecule has 2 heteroatoms. The quantitative estimate of drug-likeness (QED) is 0.756. The standard InChI is InChI=1S/C17H24N2/c1-16(2,3)14-8-6-7-9-15(14)19-11-10-13(12-18)17(19,4)5/h6-9,13H,10-11H2,1-5H3. The van der Waals surface area contributed by atoms with Crippen molar-refractivity contribution < 1.29 is 0 Å². The van der Waals surface area contributed by atoms with Gasteiger partial charge in [0.1, 0.15) is 0 Å². The van der Waals surface area contributed by atoms with Crippen molar-refractivity contribution in [1.29, 1.82) is 5.26 Å². The van der Waals surface area contributed by atoms with Crippen molar-refractivity contribution in [1.82, 2.24) is 0 Å². The summed E-state index contributed by atoms with van der Waals surface area (Å²) >= 11 is 0. The van der Waals surface area contributed by atoms with E-state index in [0.29, 0.717) is 0 Å². The molecule has 19 heavy (non-hydrogen) atoms. The predicted octanol–water partition coefficient (Wildman–Crippen LogP) is 4.11. The van der Waals surface area contributed by atoms with Crippen LogP contribution in [0.2, 0.25) is 0 Å². The Labute approximate surface area is 117 Å². The van der Waals surface area contributed by atoms with Crippen LogP contribution < -0.4 is 4.90 Å². The van der Waals surface area contributed by atoms with Crippen LogP contribution in [-0.4, -0.2) is 12.1 Å². The molecule has 0 N–H and O–H groups in total. The van der Waals surface area contributed by atoms with Crippen LogP contribution in [-0.2, 0) is 5.41 Å². The number of rotatable bonds is 1. The van der Waals surface area contributed by atoms with E-state index in [1.54, 1.807) is 0 Å². The zero-order chi connectivity index (χ0) is 14.3. The summed E-state index contributed by atoms with van der Waals surface area (Å²) in [7, 11) is 0. The zero-order valence-electron chi connectivity index (χ0n) is 12.7. The summed E-state index contributed by atoms with van der Waals surface area (Å²) in [5.41, 5.74) is 2.69. The summed E-state index contributed by atoms with van der Waals surface area (Å²) < 4.78 is 0. The molecule has 1 heterocycles. The fourth-order valence-electron chi connectivity index (χ4n) is 3.08. The maximum Gasteiger partial charge on any atom is 0.0706 e. The van der Waals surface area contributed by atoms with Crippen LogP contribution in [0.15, 0.2) is 24.3 Å². The third-order valence-corrected chi connectivity index (χ3v) is 4.35. The Hall–Kier alpha value is -1.49. The number of anilines is 1. The summed E-state index contributed by atoms with van der Waals surface area (Å²) in [4.78, 5) is 2.42. The highest BCUT2D eigenvalue weighted by Gasteiger charge is 2.42. The first kappa shape index (κ1) is 13.9. The molecule has 1 atom stereocenters. The molecule has 0 spiro atoms. The predicted molar refractivity (Wildman–Crippen MR) is 80.3 cm³/mol. The first-order valence-corrected chi connectivity index (χ1v) is 7.05. The average molecular weight is 256 g/mol. The SMILES string of the molecule is CC(C)(C)c1ccccc1N1CCC(C#N)C1(C)C. The molecule has 1 fully saturated rings. The first-order valence-electron chi connectivity index (χ1n) is 7.05. The van der Waals surface area contributed by atoms with Crippen molar-refractivity contribution in [3.05, 3.63) is 29.8 Å². The number of hydrogen-bond acceptors (Lipinski definition) is 2.